The van der Waals surface area contributed by atoms with Gasteiger partial charge in [-0.1, -0.05) is 0 Å². The van der Waals surface area contributed by atoms with Crippen LogP contribution in [0.1, 0.15) is 12.8 Å². The Morgan fingerprint density at radius 1 is 1.20 bits per heavy atom. The minimum absolute atomic E-state index is 0.183. The largest absolute Gasteiger partial charge is 0.316 e. The molecule has 0 aromatic carbocycles. The summed E-state index contributed by atoms with van der Waals surface area (Å²) in [6.07, 6.45) is 4.40. The van der Waals surface area contributed by atoms with Gasteiger partial charge in [0.2, 0.25) is 10.0 Å². The Morgan fingerprint density at radius 3 is 2.40 bits per heavy atom. The first kappa shape index (κ1) is 15.2. The molecule has 15 heavy (non-hydrogen) atoms. The molecule has 0 spiro atoms. The molecule has 0 heterocycles. The minimum Gasteiger partial charge on any atom is -0.316 e. The molecule has 0 aliphatic heterocycles. The van der Waals surface area contributed by atoms with Crippen molar-refractivity contribution < 1.29 is 8.42 Å². The van der Waals surface area contributed by atoms with Crippen molar-refractivity contribution in [2.75, 3.05) is 44.9 Å². The van der Waals surface area contributed by atoms with Crippen LogP contribution in [-0.4, -0.2) is 57.7 Å². The second kappa shape index (κ2) is 8.38. The summed E-state index contributed by atoms with van der Waals surface area (Å²) < 4.78 is 24.0. The van der Waals surface area contributed by atoms with Crippen LogP contribution >= 0.6 is 11.8 Å². The Bertz CT molecular complexity index is 240. The normalized spacial score (nSPS) is 12.3. The second-order valence-electron chi connectivity index (χ2n) is 3.55. The highest BCUT2D eigenvalue weighted by atomic mass is 32.2. The van der Waals surface area contributed by atoms with Gasteiger partial charge in [-0.2, -0.15) is 11.8 Å². The number of sulfonamides is 1. The third kappa shape index (κ3) is 8.07. The van der Waals surface area contributed by atoms with Crippen molar-refractivity contribution in [1.82, 2.24) is 9.62 Å². The van der Waals surface area contributed by atoms with Crippen molar-refractivity contribution in [3.8, 4) is 0 Å². The van der Waals surface area contributed by atoms with Gasteiger partial charge in [-0.25, -0.2) is 12.7 Å². The lowest BCUT2D eigenvalue weighted by Crippen LogP contribution is -2.31. The van der Waals surface area contributed by atoms with Crippen molar-refractivity contribution in [2.45, 2.75) is 12.8 Å². The van der Waals surface area contributed by atoms with Crippen LogP contribution in [0.2, 0.25) is 0 Å². The number of hydrogen-bond acceptors (Lipinski definition) is 4. The molecule has 0 radical (unpaired) electrons. The highest BCUT2D eigenvalue weighted by Gasteiger charge is 2.11. The highest BCUT2D eigenvalue weighted by molar-refractivity contribution is 7.98. The average Bonchev–Trinajstić information content (AvgIpc) is 2.16. The first-order valence-corrected chi connectivity index (χ1v) is 8.11. The number of nitrogens with zero attached hydrogens (tertiary/aromatic N) is 1. The number of rotatable bonds is 9. The molecule has 0 atom stereocenters. The van der Waals surface area contributed by atoms with Crippen molar-refractivity contribution in [1.29, 1.82) is 0 Å². The van der Waals surface area contributed by atoms with Crippen LogP contribution in [0.5, 0.6) is 0 Å². The van der Waals surface area contributed by atoms with Crippen LogP contribution in [-0.2, 0) is 10.0 Å². The molecule has 0 aliphatic rings. The topological polar surface area (TPSA) is 49.4 Å². The Balaban J connectivity index is 3.39. The summed E-state index contributed by atoms with van der Waals surface area (Å²) in [6.45, 7) is 1.45. The molecule has 1 N–H and O–H groups in total. The van der Waals surface area contributed by atoms with E-state index in [9.17, 15) is 8.42 Å². The summed E-state index contributed by atoms with van der Waals surface area (Å²) in [7, 11) is 0.0977. The molecule has 4 nitrogen and oxygen atoms in total. The summed E-state index contributed by atoms with van der Waals surface area (Å²) in [5, 5.41) is 3.14. The summed E-state index contributed by atoms with van der Waals surface area (Å²) in [5.74, 6) is 1.36. The zero-order valence-corrected chi connectivity index (χ0v) is 11.5. The summed E-state index contributed by atoms with van der Waals surface area (Å²) >= 11 is 1.84. The molecule has 92 valence electrons. The van der Waals surface area contributed by atoms with Gasteiger partial charge in [0.05, 0.1) is 5.75 Å². The maximum absolute atomic E-state index is 11.3. The zero-order valence-electron chi connectivity index (χ0n) is 9.82. The predicted molar refractivity (Wildman–Crippen MR) is 68.0 cm³/mol. The molecule has 0 amide bonds. The van der Waals surface area contributed by atoms with E-state index in [1.165, 1.54) is 16.5 Å². The molecular weight excluding hydrogens is 232 g/mol. The van der Waals surface area contributed by atoms with E-state index in [0.717, 1.165) is 13.0 Å². The lowest BCUT2D eigenvalue weighted by Gasteiger charge is -2.11. The van der Waals surface area contributed by atoms with E-state index in [1.807, 2.05) is 11.8 Å². The molecular formula is C9H22N2O2S2. The molecule has 0 unspecified atom stereocenters. The molecule has 0 rings (SSSR count). The highest BCUT2D eigenvalue weighted by Crippen LogP contribution is 1.98. The van der Waals surface area contributed by atoms with E-state index < -0.39 is 10.0 Å². The van der Waals surface area contributed by atoms with Gasteiger partial charge in [0.15, 0.2) is 0 Å². The number of thioether (sulfide) groups is 1. The van der Waals surface area contributed by atoms with Gasteiger partial charge >= 0.3 is 0 Å². The third-order valence-corrected chi connectivity index (χ3v) is 4.57. The summed E-state index contributed by atoms with van der Waals surface area (Å²) in [5.41, 5.74) is 0. The Labute approximate surface area is 97.9 Å². The van der Waals surface area contributed by atoms with Crippen molar-refractivity contribution >= 4 is 21.8 Å². The van der Waals surface area contributed by atoms with E-state index >= 15 is 0 Å². The van der Waals surface area contributed by atoms with Gasteiger partial charge in [-0.3, -0.25) is 0 Å². The van der Waals surface area contributed by atoms with Crippen molar-refractivity contribution in [3.05, 3.63) is 0 Å². The van der Waals surface area contributed by atoms with Gasteiger partial charge in [0.25, 0.3) is 0 Å². The maximum atomic E-state index is 11.3. The number of unbranched alkanes of at least 4 members (excludes halogenated alkanes) is 1. The van der Waals surface area contributed by atoms with E-state index in [4.69, 9.17) is 0 Å². The van der Waals surface area contributed by atoms with Crippen LogP contribution in [0, 0.1) is 0 Å². The van der Waals surface area contributed by atoms with Crippen LogP contribution < -0.4 is 5.32 Å². The van der Waals surface area contributed by atoms with Crippen LogP contribution in [0.15, 0.2) is 0 Å². The fraction of sp³-hybridized carbons (Fsp3) is 1.00. The van der Waals surface area contributed by atoms with Crippen LogP contribution in [0.25, 0.3) is 0 Å². The zero-order chi connectivity index (χ0) is 11.7. The van der Waals surface area contributed by atoms with E-state index in [0.29, 0.717) is 6.54 Å². The fourth-order valence-corrected chi connectivity index (χ4v) is 2.27. The molecule has 0 bridgehead atoms. The second-order valence-corrected chi connectivity index (χ2v) is 6.84. The Kier molecular flexibility index (Phi) is 8.50. The Morgan fingerprint density at radius 2 is 1.87 bits per heavy atom. The molecule has 0 aromatic heterocycles. The molecule has 0 saturated carbocycles. The first-order valence-electron chi connectivity index (χ1n) is 5.10. The fourth-order valence-electron chi connectivity index (χ4n) is 1.01. The van der Waals surface area contributed by atoms with Gasteiger partial charge in [0, 0.05) is 20.6 Å². The predicted octanol–water partition coefficient (Wildman–Crippen LogP) is 0.611. The third-order valence-electron chi connectivity index (χ3n) is 2.05. The van der Waals surface area contributed by atoms with E-state index in [2.05, 4.69) is 11.6 Å². The standard InChI is InChI=1S/C9H22N2O2S2/c1-11(2)15(12,13)9-7-10-6-4-5-8-14-3/h10H,4-9H2,1-3H3. The van der Waals surface area contributed by atoms with Gasteiger partial charge in [0.1, 0.15) is 0 Å². The number of nitrogens with one attached hydrogen (secondary N) is 1. The van der Waals surface area contributed by atoms with E-state index in [-0.39, 0.29) is 5.75 Å². The molecule has 0 aromatic rings. The first-order chi connectivity index (χ1) is 7.00. The lowest BCUT2D eigenvalue weighted by atomic mass is 10.3. The van der Waals surface area contributed by atoms with Gasteiger partial charge < -0.3 is 5.32 Å². The van der Waals surface area contributed by atoms with Crippen molar-refractivity contribution in [3.63, 3.8) is 0 Å². The van der Waals surface area contributed by atoms with Gasteiger partial charge in [-0.15, -0.1) is 0 Å². The quantitative estimate of drug-likeness (QED) is 0.613. The lowest BCUT2D eigenvalue weighted by molar-refractivity contribution is 0.517. The Hall–Kier alpha value is 0.220. The van der Waals surface area contributed by atoms with Crippen LogP contribution in [0.4, 0.5) is 0 Å². The number of hydrogen-bond donors (Lipinski definition) is 1. The van der Waals surface area contributed by atoms with Crippen LogP contribution in [0.3, 0.4) is 0 Å². The maximum Gasteiger partial charge on any atom is 0.214 e. The average molecular weight is 254 g/mol. The molecule has 0 aliphatic carbocycles. The molecule has 6 heteroatoms. The van der Waals surface area contributed by atoms with Crippen molar-refractivity contribution in [2.24, 2.45) is 0 Å². The summed E-state index contributed by atoms with van der Waals surface area (Å²) in [4.78, 5) is 0. The minimum atomic E-state index is -3.03. The smallest absolute Gasteiger partial charge is 0.214 e. The summed E-state index contributed by atoms with van der Waals surface area (Å²) in [6, 6.07) is 0. The molecule has 0 saturated heterocycles. The van der Waals surface area contributed by atoms with Gasteiger partial charge in [-0.05, 0) is 31.4 Å². The van der Waals surface area contributed by atoms with E-state index in [1.54, 1.807) is 14.1 Å². The monoisotopic (exact) mass is 254 g/mol. The SMILES string of the molecule is CSCCCCNCCS(=O)(=O)N(C)C. The molecule has 0 fully saturated rings.